The summed E-state index contributed by atoms with van der Waals surface area (Å²) in [5.41, 5.74) is 0. The molecule has 2 nitrogen and oxygen atoms in total. The molecule has 0 fully saturated rings. The summed E-state index contributed by atoms with van der Waals surface area (Å²) in [5.74, 6) is 2.53. The third-order valence-corrected chi connectivity index (χ3v) is 1.71. The molecular weight excluding hydrogens is 162 g/mol. The number of rotatable bonds is 2. The minimum atomic E-state index is -0.142. The Balaban J connectivity index is 4.04. The van der Waals surface area contributed by atoms with Crippen molar-refractivity contribution in [2.45, 2.75) is 0 Å². The van der Waals surface area contributed by atoms with Crippen LogP contribution in [0.1, 0.15) is 0 Å². The number of thiocarbonyl (C=S) groups is 1. The Hall–Kier alpha value is 0.290. The molecule has 5 heteroatoms. The fourth-order valence-electron chi connectivity index (χ4n) is 0.137. The van der Waals surface area contributed by atoms with Crippen molar-refractivity contribution in [1.29, 1.82) is 0 Å². The molecule has 0 aromatic heterocycles. The van der Waals surface area contributed by atoms with E-state index in [9.17, 15) is 9.13 Å². The molecule has 0 aromatic rings. The second-order valence-corrected chi connectivity index (χ2v) is 2.28. The summed E-state index contributed by atoms with van der Waals surface area (Å²) >= 11 is 4.53. The molecule has 0 saturated heterocycles. The van der Waals surface area contributed by atoms with Gasteiger partial charge in [0, 0.05) is 0 Å². The van der Waals surface area contributed by atoms with Gasteiger partial charge >= 0.3 is 54.0 Å². The quantitative estimate of drug-likeness (QED) is 0.458. The zero-order valence-electron chi connectivity index (χ0n) is 3.77. The molecule has 0 N–H and O–H groups in total. The Morgan fingerprint density at radius 3 is 1.88 bits per heavy atom. The third kappa shape index (κ3) is 4.45. The summed E-state index contributed by atoms with van der Waals surface area (Å²) in [6.07, 6.45) is 0. The standard InChI is InChI=1S/C3H2O2P2S/c4-6-1-3(8)2-7-5/h1-2H/q+2. The summed E-state index contributed by atoms with van der Waals surface area (Å²) in [6, 6.07) is 0. The molecule has 0 radical (unpaired) electrons. The van der Waals surface area contributed by atoms with Gasteiger partial charge in [-0.25, -0.2) is 0 Å². The van der Waals surface area contributed by atoms with Gasteiger partial charge in [0.15, 0.2) is 0 Å². The molecule has 40 valence electrons. The zero-order chi connectivity index (χ0) is 6.41. The monoisotopic (exact) mass is 164 g/mol. The Kier molecular flexibility index (Phi) is 5.62. The molecule has 0 spiro atoms. The van der Waals surface area contributed by atoms with Crippen LogP contribution in [0.2, 0.25) is 0 Å². The van der Waals surface area contributed by atoms with Gasteiger partial charge in [-0.1, -0.05) is 0 Å². The van der Waals surface area contributed by atoms with E-state index in [0.717, 1.165) is 0 Å². The van der Waals surface area contributed by atoms with Crippen LogP contribution in [-0.4, -0.2) is 16.5 Å². The van der Waals surface area contributed by atoms with Crippen LogP contribution in [0.4, 0.5) is 0 Å². The van der Waals surface area contributed by atoms with Crippen molar-refractivity contribution >= 4 is 44.8 Å². The van der Waals surface area contributed by atoms with E-state index in [4.69, 9.17) is 0 Å². The van der Waals surface area contributed by atoms with Crippen LogP contribution in [0.25, 0.3) is 0 Å². The molecule has 0 atom stereocenters. The maximum atomic E-state index is 9.72. The van der Waals surface area contributed by atoms with E-state index >= 15 is 0 Å². The first-order chi connectivity index (χ1) is 3.81. The van der Waals surface area contributed by atoms with Gasteiger partial charge in [-0.3, -0.25) is 0 Å². The molecule has 0 heterocycles. The van der Waals surface area contributed by atoms with E-state index in [1.807, 2.05) is 0 Å². The first kappa shape index (κ1) is 8.29. The van der Waals surface area contributed by atoms with Gasteiger partial charge in [-0.15, -0.1) is 0 Å². The van der Waals surface area contributed by atoms with Gasteiger partial charge in [0.25, 0.3) is 0 Å². The first-order valence-corrected chi connectivity index (χ1v) is 3.83. The van der Waals surface area contributed by atoms with Gasteiger partial charge in [0.1, 0.15) is 0 Å². The molecule has 8 heavy (non-hydrogen) atoms. The maximum absolute atomic E-state index is 9.72. The van der Waals surface area contributed by atoms with Crippen LogP contribution in [0.3, 0.4) is 0 Å². The van der Waals surface area contributed by atoms with Gasteiger partial charge in [0.2, 0.25) is 0 Å². The Morgan fingerprint density at radius 1 is 1.25 bits per heavy atom. The van der Waals surface area contributed by atoms with E-state index < -0.39 is 0 Å². The van der Waals surface area contributed by atoms with Gasteiger partial charge in [-0.05, 0) is 0 Å². The van der Waals surface area contributed by atoms with Crippen LogP contribution in [0.5, 0.6) is 0 Å². The fourth-order valence-corrected chi connectivity index (χ4v) is 0.870. The summed E-state index contributed by atoms with van der Waals surface area (Å²) in [5, 5.41) is 0. The van der Waals surface area contributed by atoms with Gasteiger partial charge < -0.3 is 0 Å². The van der Waals surface area contributed by atoms with E-state index in [1.165, 1.54) is 11.6 Å². The molecule has 0 bridgehead atoms. The average Bonchev–Trinajstić information content (AvgIpc) is 1.68. The Morgan fingerprint density at radius 2 is 1.62 bits per heavy atom. The normalized spacial score (nSPS) is 7.00. The van der Waals surface area contributed by atoms with Crippen molar-refractivity contribution in [3.63, 3.8) is 0 Å². The van der Waals surface area contributed by atoms with Crippen LogP contribution >= 0.6 is 28.4 Å². The van der Waals surface area contributed by atoms with Crippen molar-refractivity contribution in [3.8, 4) is 0 Å². The average molecular weight is 164 g/mol. The van der Waals surface area contributed by atoms with Gasteiger partial charge in [-0.2, -0.15) is 0 Å². The molecule has 0 aliphatic heterocycles. The molecule has 0 rings (SSSR count). The predicted molar refractivity (Wildman–Crippen MR) is 39.9 cm³/mol. The van der Waals surface area contributed by atoms with E-state index in [1.54, 1.807) is 0 Å². The molecule has 0 saturated carbocycles. The van der Waals surface area contributed by atoms with E-state index in [-0.39, 0.29) is 16.2 Å². The summed E-state index contributed by atoms with van der Waals surface area (Å²) in [6.45, 7) is 0. The molecule has 0 amide bonds. The van der Waals surface area contributed by atoms with Crippen molar-refractivity contribution in [3.05, 3.63) is 0 Å². The van der Waals surface area contributed by atoms with Crippen molar-refractivity contribution in [2.24, 2.45) is 0 Å². The molecule has 0 aromatic carbocycles. The second kappa shape index (κ2) is 5.43. The summed E-state index contributed by atoms with van der Waals surface area (Å²) < 4.78 is 19.4. The number of hydrogen-bond acceptors (Lipinski definition) is 3. The van der Waals surface area contributed by atoms with Gasteiger partial charge in [0.05, 0.1) is 0 Å². The van der Waals surface area contributed by atoms with E-state index in [2.05, 4.69) is 12.2 Å². The summed E-state index contributed by atoms with van der Waals surface area (Å²) in [7, 11) is -0.284. The van der Waals surface area contributed by atoms with Crippen LogP contribution in [0.15, 0.2) is 0 Å². The molecule has 0 unspecified atom stereocenters. The predicted octanol–water partition coefficient (Wildman–Crippen LogP) is 1.54. The summed E-state index contributed by atoms with van der Waals surface area (Å²) in [4.78, 5) is 0.346. The third-order valence-electron chi connectivity index (χ3n) is 0.360. The minimum absolute atomic E-state index is 0.142. The molecule has 0 aliphatic carbocycles. The van der Waals surface area contributed by atoms with Crippen LogP contribution in [0, 0.1) is 0 Å². The molecule has 0 aliphatic rings. The Labute approximate surface area is 54.6 Å². The van der Waals surface area contributed by atoms with Crippen molar-refractivity contribution in [1.82, 2.24) is 0 Å². The molecular formula is C3H2O2P2S+2. The topological polar surface area (TPSA) is 34.1 Å². The SMILES string of the molecule is O=[P+]=CC(=S)C=[P+]=O. The zero-order valence-corrected chi connectivity index (χ0v) is 6.38. The van der Waals surface area contributed by atoms with Crippen molar-refractivity contribution < 1.29 is 9.13 Å². The van der Waals surface area contributed by atoms with Crippen LogP contribution < -0.4 is 0 Å². The Bertz CT molecular complexity index is 167. The van der Waals surface area contributed by atoms with Crippen LogP contribution in [-0.2, 0) is 9.13 Å². The fraction of sp³-hybridized carbons (Fsp3) is 0. The number of hydrogen-bond donors (Lipinski definition) is 0. The second-order valence-electron chi connectivity index (χ2n) is 0.871. The van der Waals surface area contributed by atoms with E-state index in [0.29, 0.717) is 4.86 Å². The first-order valence-electron chi connectivity index (χ1n) is 1.66. The van der Waals surface area contributed by atoms with Crippen molar-refractivity contribution in [2.75, 3.05) is 0 Å².